The van der Waals surface area contributed by atoms with Crippen molar-refractivity contribution in [1.29, 1.82) is 0 Å². The predicted molar refractivity (Wildman–Crippen MR) is 100 cm³/mol. The van der Waals surface area contributed by atoms with E-state index in [1.54, 1.807) is 25.2 Å². The number of oxazole rings is 1. The van der Waals surface area contributed by atoms with Gasteiger partial charge in [0, 0.05) is 37.8 Å². The average Bonchev–Trinajstić information content (AvgIpc) is 2.96. The van der Waals surface area contributed by atoms with Crippen LogP contribution in [0, 0.1) is 0 Å². The molecule has 2 heterocycles. The van der Waals surface area contributed by atoms with Crippen LogP contribution in [0.4, 0.5) is 10.5 Å². The molecule has 1 aromatic heterocycles. The number of nitrogens with one attached hydrogen (secondary N) is 1. The first-order chi connectivity index (χ1) is 12.6. The van der Waals surface area contributed by atoms with Crippen LogP contribution in [0.3, 0.4) is 0 Å². The van der Waals surface area contributed by atoms with Crippen LogP contribution >= 0.6 is 0 Å². The van der Waals surface area contributed by atoms with Crippen LogP contribution in [0.2, 0.25) is 0 Å². The molecule has 0 bridgehead atoms. The molecule has 0 radical (unpaired) electrons. The van der Waals surface area contributed by atoms with Crippen molar-refractivity contribution in [3.05, 3.63) is 64.6 Å². The molecular formula is C20H21N3O3. The Morgan fingerprint density at radius 2 is 2.00 bits per heavy atom. The summed E-state index contributed by atoms with van der Waals surface area (Å²) in [7, 11) is 1.66. The lowest BCUT2D eigenvalue weighted by Crippen LogP contribution is -2.41. The number of aromatic nitrogens is 1. The van der Waals surface area contributed by atoms with E-state index in [1.165, 1.54) is 10.1 Å². The molecule has 2 aromatic carbocycles. The van der Waals surface area contributed by atoms with Crippen LogP contribution in [0.15, 0.2) is 57.7 Å². The van der Waals surface area contributed by atoms with E-state index in [9.17, 15) is 9.59 Å². The van der Waals surface area contributed by atoms with E-state index in [1.807, 2.05) is 23.1 Å². The number of likely N-dealkylation sites (tertiary alicyclic amines) is 1. The average molecular weight is 351 g/mol. The van der Waals surface area contributed by atoms with Crippen LogP contribution in [-0.2, 0) is 7.05 Å². The van der Waals surface area contributed by atoms with Crippen molar-refractivity contribution < 1.29 is 9.21 Å². The Kier molecular flexibility index (Phi) is 4.24. The van der Waals surface area contributed by atoms with Gasteiger partial charge < -0.3 is 14.6 Å². The minimum Gasteiger partial charge on any atom is -0.408 e. The van der Waals surface area contributed by atoms with Gasteiger partial charge in [-0.05, 0) is 30.5 Å². The fourth-order valence-electron chi connectivity index (χ4n) is 3.57. The van der Waals surface area contributed by atoms with Gasteiger partial charge in [0.05, 0.1) is 5.52 Å². The molecule has 1 saturated heterocycles. The van der Waals surface area contributed by atoms with E-state index in [4.69, 9.17) is 4.42 Å². The molecule has 0 unspecified atom stereocenters. The Morgan fingerprint density at radius 3 is 2.81 bits per heavy atom. The highest BCUT2D eigenvalue weighted by molar-refractivity contribution is 5.91. The molecule has 1 atom stereocenters. The molecule has 6 nitrogen and oxygen atoms in total. The highest BCUT2D eigenvalue weighted by atomic mass is 16.4. The summed E-state index contributed by atoms with van der Waals surface area (Å²) in [6.45, 7) is 1.45. The highest BCUT2D eigenvalue weighted by Gasteiger charge is 2.24. The summed E-state index contributed by atoms with van der Waals surface area (Å²) in [4.78, 5) is 26.1. The minimum atomic E-state index is -0.412. The summed E-state index contributed by atoms with van der Waals surface area (Å²) in [6.07, 6.45) is 2.08. The van der Waals surface area contributed by atoms with Crippen LogP contribution in [0.5, 0.6) is 0 Å². The third-order valence-corrected chi connectivity index (χ3v) is 5.02. The lowest BCUT2D eigenvalue weighted by molar-refractivity contribution is 0.193. The maximum atomic E-state index is 12.7. The van der Waals surface area contributed by atoms with Gasteiger partial charge in [0.15, 0.2) is 5.58 Å². The second-order valence-electron chi connectivity index (χ2n) is 6.74. The number of amides is 2. The maximum Gasteiger partial charge on any atom is 0.419 e. The Bertz CT molecular complexity index is 990. The van der Waals surface area contributed by atoms with Crippen LogP contribution in [-0.4, -0.2) is 28.6 Å². The zero-order chi connectivity index (χ0) is 18.1. The Labute approximate surface area is 151 Å². The van der Waals surface area contributed by atoms with Gasteiger partial charge in [0.1, 0.15) is 0 Å². The molecule has 1 aliphatic heterocycles. The van der Waals surface area contributed by atoms with Crippen LogP contribution in [0.25, 0.3) is 11.1 Å². The molecule has 134 valence electrons. The zero-order valence-corrected chi connectivity index (χ0v) is 14.6. The summed E-state index contributed by atoms with van der Waals surface area (Å²) < 4.78 is 6.62. The SMILES string of the molecule is Cn1c(=O)oc2cc(NC(=O)N3CCC[C@@H](c4ccccc4)C3)ccc21. The summed E-state index contributed by atoms with van der Waals surface area (Å²) in [5, 5.41) is 2.92. The highest BCUT2D eigenvalue weighted by Crippen LogP contribution is 2.27. The van der Waals surface area contributed by atoms with E-state index < -0.39 is 5.76 Å². The number of rotatable bonds is 2. The van der Waals surface area contributed by atoms with Gasteiger partial charge in [-0.25, -0.2) is 9.59 Å². The largest absolute Gasteiger partial charge is 0.419 e. The molecule has 1 aliphatic rings. The molecular weight excluding hydrogens is 330 g/mol. The first-order valence-corrected chi connectivity index (χ1v) is 8.82. The monoisotopic (exact) mass is 351 g/mol. The number of fused-ring (bicyclic) bond motifs is 1. The van der Waals surface area contributed by atoms with E-state index in [0.29, 0.717) is 29.2 Å². The van der Waals surface area contributed by atoms with Crippen molar-refractivity contribution in [2.24, 2.45) is 7.05 Å². The number of piperidine rings is 1. The van der Waals surface area contributed by atoms with Gasteiger partial charge in [0.2, 0.25) is 0 Å². The van der Waals surface area contributed by atoms with Crippen molar-refractivity contribution in [1.82, 2.24) is 9.47 Å². The van der Waals surface area contributed by atoms with E-state index in [2.05, 4.69) is 17.4 Å². The number of aryl methyl sites for hydroxylation is 1. The van der Waals surface area contributed by atoms with Crippen molar-refractivity contribution in [3.8, 4) is 0 Å². The van der Waals surface area contributed by atoms with Crippen molar-refractivity contribution >= 4 is 22.8 Å². The van der Waals surface area contributed by atoms with Crippen molar-refractivity contribution in [2.45, 2.75) is 18.8 Å². The van der Waals surface area contributed by atoms with Crippen LogP contribution < -0.4 is 11.1 Å². The second-order valence-corrected chi connectivity index (χ2v) is 6.74. The van der Waals surface area contributed by atoms with Gasteiger partial charge in [-0.15, -0.1) is 0 Å². The van der Waals surface area contributed by atoms with Gasteiger partial charge in [-0.2, -0.15) is 0 Å². The Balaban J connectivity index is 1.48. The number of hydrogen-bond donors (Lipinski definition) is 1. The number of urea groups is 1. The Hall–Kier alpha value is -3.02. The first-order valence-electron chi connectivity index (χ1n) is 8.82. The molecule has 1 N–H and O–H groups in total. The molecule has 0 aliphatic carbocycles. The van der Waals surface area contributed by atoms with Crippen molar-refractivity contribution in [3.63, 3.8) is 0 Å². The van der Waals surface area contributed by atoms with Crippen molar-refractivity contribution in [2.75, 3.05) is 18.4 Å². The fourth-order valence-corrected chi connectivity index (χ4v) is 3.57. The predicted octanol–water partition coefficient (Wildman–Crippen LogP) is 3.54. The third-order valence-electron chi connectivity index (χ3n) is 5.02. The van der Waals surface area contributed by atoms with Crippen LogP contribution in [0.1, 0.15) is 24.3 Å². The maximum absolute atomic E-state index is 12.7. The molecule has 0 spiro atoms. The fraction of sp³-hybridized carbons (Fsp3) is 0.300. The number of anilines is 1. The standard InChI is InChI=1S/C20H21N3O3/c1-22-17-10-9-16(12-18(17)26-20(22)25)21-19(24)23-11-5-8-15(13-23)14-6-3-2-4-7-14/h2-4,6-7,9-10,12,15H,5,8,11,13H2,1H3,(H,21,24)/t15-/m1/s1. The lowest BCUT2D eigenvalue weighted by Gasteiger charge is -2.33. The molecule has 0 saturated carbocycles. The number of hydrogen-bond acceptors (Lipinski definition) is 3. The summed E-state index contributed by atoms with van der Waals surface area (Å²) in [6, 6.07) is 15.5. The topological polar surface area (TPSA) is 67.5 Å². The molecule has 3 aromatic rings. The smallest absolute Gasteiger partial charge is 0.408 e. The van der Waals surface area contributed by atoms with E-state index in [0.717, 1.165) is 19.4 Å². The minimum absolute atomic E-state index is 0.122. The number of nitrogens with zero attached hydrogens (tertiary/aromatic N) is 2. The molecule has 2 amide bonds. The number of benzene rings is 2. The summed E-state index contributed by atoms with van der Waals surface area (Å²) in [5.74, 6) is -0.0458. The molecule has 4 rings (SSSR count). The summed E-state index contributed by atoms with van der Waals surface area (Å²) >= 11 is 0. The Morgan fingerprint density at radius 1 is 1.19 bits per heavy atom. The van der Waals surface area contributed by atoms with Gasteiger partial charge >= 0.3 is 11.8 Å². The lowest BCUT2D eigenvalue weighted by atomic mass is 9.91. The number of carbonyl (C=O) groups excluding carboxylic acids is 1. The third kappa shape index (κ3) is 3.10. The molecule has 1 fully saturated rings. The van der Waals surface area contributed by atoms with Gasteiger partial charge in [-0.1, -0.05) is 30.3 Å². The van der Waals surface area contributed by atoms with E-state index >= 15 is 0 Å². The normalized spacial score (nSPS) is 17.4. The first kappa shape index (κ1) is 16.4. The second kappa shape index (κ2) is 6.71. The quantitative estimate of drug-likeness (QED) is 0.768. The van der Waals surface area contributed by atoms with Gasteiger partial charge in [-0.3, -0.25) is 4.57 Å². The van der Waals surface area contributed by atoms with Gasteiger partial charge in [0.25, 0.3) is 0 Å². The molecule has 26 heavy (non-hydrogen) atoms. The number of carbonyl (C=O) groups is 1. The van der Waals surface area contributed by atoms with E-state index in [-0.39, 0.29) is 6.03 Å². The molecule has 6 heteroatoms. The zero-order valence-electron chi connectivity index (χ0n) is 14.6. The summed E-state index contributed by atoms with van der Waals surface area (Å²) in [5.41, 5.74) is 3.07.